The van der Waals surface area contributed by atoms with Crippen molar-refractivity contribution in [3.05, 3.63) is 59.7 Å². The highest BCUT2D eigenvalue weighted by Crippen LogP contribution is 2.50. The minimum Gasteiger partial charge on any atom is -0.457 e. The number of aliphatic hydroxyl groups excluding tert-OH is 1. The van der Waals surface area contributed by atoms with Crippen LogP contribution in [0.3, 0.4) is 0 Å². The van der Waals surface area contributed by atoms with Gasteiger partial charge in [-0.15, -0.1) is 0 Å². The maximum Gasteiger partial charge on any atom is 0.501 e. The number of aliphatic hydroxyl groups is 1. The van der Waals surface area contributed by atoms with E-state index in [2.05, 4.69) is 6.58 Å². The Labute approximate surface area is 156 Å². The summed E-state index contributed by atoms with van der Waals surface area (Å²) in [5, 5.41) is 9.78. The van der Waals surface area contributed by atoms with Gasteiger partial charge in [-0.05, 0) is 25.1 Å². The van der Waals surface area contributed by atoms with E-state index >= 15 is 0 Å². The summed E-state index contributed by atoms with van der Waals surface area (Å²) in [4.78, 5) is -1.49. The maximum atomic E-state index is 14.0. The molecule has 2 rings (SSSR count). The number of halogens is 6. The molecule has 0 heterocycles. The fraction of sp³-hybridized carbons (Fsp3) is 0.294. The molecule has 1 aliphatic carbocycles. The second-order valence-corrected chi connectivity index (χ2v) is 7.68. The van der Waals surface area contributed by atoms with E-state index < -0.39 is 61.4 Å². The Morgan fingerprint density at radius 3 is 2.46 bits per heavy atom. The van der Waals surface area contributed by atoms with Crippen LogP contribution in [0, 0.1) is 0 Å². The third-order valence-corrected chi connectivity index (χ3v) is 5.48. The number of rotatable bonds is 5. The van der Waals surface area contributed by atoms with Crippen LogP contribution >= 0.6 is 0 Å². The molecule has 0 saturated heterocycles. The van der Waals surface area contributed by atoms with Gasteiger partial charge >= 0.3 is 5.51 Å². The largest absolute Gasteiger partial charge is 0.501 e. The zero-order valence-corrected chi connectivity index (χ0v) is 15.0. The van der Waals surface area contributed by atoms with Crippen molar-refractivity contribution in [2.75, 3.05) is 0 Å². The molecule has 0 aromatic heterocycles. The molecule has 4 nitrogen and oxygen atoms in total. The van der Waals surface area contributed by atoms with Crippen LogP contribution in [0.1, 0.15) is 24.2 Å². The summed E-state index contributed by atoms with van der Waals surface area (Å²) in [6.07, 6.45) is -1.16. The summed E-state index contributed by atoms with van der Waals surface area (Å²) in [5.74, 6) is -5.42. The van der Waals surface area contributed by atoms with Crippen molar-refractivity contribution in [1.82, 2.24) is 0 Å². The lowest BCUT2D eigenvalue weighted by Gasteiger charge is -2.17. The van der Waals surface area contributed by atoms with E-state index in [0.29, 0.717) is 6.07 Å². The lowest BCUT2D eigenvalue weighted by molar-refractivity contribution is -0.0978. The van der Waals surface area contributed by atoms with Crippen molar-refractivity contribution in [2.24, 2.45) is 0 Å². The van der Waals surface area contributed by atoms with E-state index in [0.717, 1.165) is 24.3 Å². The van der Waals surface area contributed by atoms with Crippen molar-refractivity contribution in [2.45, 2.75) is 35.8 Å². The first-order valence-electron chi connectivity index (χ1n) is 7.63. The van der Waals surface area contributed by atoms with Gasteiger partial charge in [-0.1, -0.05) is 12.7 Å². The Bertz CT molecular complexity index is 961. The summed E-state index contributed by atoms with van der Waals surface area (Å²) in [7, 11) is -6.01. The van der Waals surface area contributed by atoms with Gasteiger partial charge in [0.1, 0.15) is 23.4 Å². The summed E-state index contributed by atoms with van der Waals surface area (Å²) >= 11 is 0. The van der Waals surface area contributed by atoms with Gasteiger partial charge in [-0.3, -0.25) is 0 Å². The predicted octanol–water partition coefficient (Wildman–Crippen LogP) is 4.53. The van der Waals surface area contributed by atoms with Crippen molar-refractivity contribution < 1.29 is 44.6 Å². The molecule has 0 saturated carbocycles. The molecule has 0 radical (unpaired) electrons. The molecule has 0 amide bonds. The van der Waals surface area contributed by atoms with Crippen molar-refractivity contribution >= 4 is 9.84 Å². The number of benzene rings is 1. The zero-order valence-electron chi connectivity index (χ0n) is 14.2. The first kappa shape index (κ1) is 22.0. The number of hydrogen-bond acceptors (Lipinski definition) is 4. The number of fused-ring (bicyclic) bond motifs is 1. The van der Waals surface area contributed by atoms with Gasteiger partial charge in [-0.2, -0.15) is 13.2 Å². The average molecular weight is 428 g/mol. The molecule has 1 aromatic rings. The van der Waals surface area contributed by atoms with Gasteiger partial charge in [-0.25, -0.2) is 21.6 Å². The zero-order chi connectivity index (χ0) is 21.5. The Kier molecular flexibility index (Phi) is 5.73. The molecule has 0 fully saturated rings. The van der Waals surface area contributed by atoms with Gasteiger partial charge in [0, 0.05) is 23.6 Å². The molecule has 1 N–H and O–H groups in total. The number of alkyl halides is 5. The molecule has 0 bridgehead atoms. The fourth-order valence-corrected chi connectivity index (χ4v) is 3.60. The second-order valence-electron chi connectivity index (χ2n) is 5.77. The lowest BCUT2D eigenvalue weighted by Crippen LogP contribution is -2.26. The standard InChI is InChI=1S/C17H14F6O4S/c1-3-9(18)7-10(4-2)27-12-5-6-13(28(25,26)17(21,22)23)14-11(12)8-16(19,20)15(14)24/h3-7,15,24H,2,8H2,1H3/b9-3+,10-7+/t15-/m0/s1. The number of hydrogen-bond donors (Lipinski definition) is 1. The average Bonchev–Trinajstić information content (AvgIpc) is 2.83. The van der Waals surface area contributed by atoms with Crippen molar-refractivity contribution in [3.8, 4) is 5.75 Å². The van der Waals surface area contributed by atoms with Crippen LogP contribution in [0.2, 0.25) is 0 Å². The minimum atomic E-state index is -6.01. The summed E-state index contributed by atoms with van der Waals surface area (Å²) in [6.45, 7) is 4.70. The van der Waals surface area contributed by atoms with Crippen LogP contribution in [0.5, 0.6) is 5.75 Å². The van der Waals surface area contributed by atoms with E-state index in [1.807, 2.05) is 0 Å². The summed E-state index contributed by atoms with van der Waals surface area (Å²) < 4.78 is 109. The van der Waals surface area contributed by atoms with Gasteiger partial charge in [0.2, 0.25) is 0 Å². The SMILES string of the molecule is C=C/C(=C\C(F)=C/C)Oc1ccc(S(=O)(=O)C(F)(F)F)c2c1CC(F)(F)[C@H]2O. The molecular formula is C17H14F6O4S. The van der Waals surface area contributed by atoms with Crippen LogP contribution < -0.4 is 4.74 Å². The molecule has 0 spiro atoms. The van der Waals surface area contributed by atoms with Gasteiger partial charge in [0.05, 0.1) is 4.90 Å². The van der Waals surface area contributed by atoms with E-state index in [1.165, 1.54) is 6.92 Å². The van der Waals surface area contributed by atoms with Crippen LogP contribution in [0.25, 0.3) is 0 Å². The number of allylic oxidation sites excluding steroid dienone is 4. The van der Waals surface area contributed by atoms with Crippen molar-refractivity contribution in [3.63, 3.8) is 0 Å². The molecule has 11 heteroatoms. The maximum absolute atomic E-state index is 14.0. The topological polar surface area (TPSA) is 63.6 Å². The second kappa shape index (κ2) is 7.28. The molecule has 154 valence electrons. The summed E-state index contributed by atoms with van der Waals surface area (Å²) in [6, 6.07) is 1.14. The molecular weight excluding hydrogens is 414 g/mol. The minimum absolute atomic E-state index is 0.270. The Balaban J connectivity index is 2.69. The van der Waals surface area contributed by atoms with Crippen molar-refractivity contribution in [1.29, 1.82) is 0 Å². The number of sulfone groups is 1. The van der Waals surface area contributed by atoms with Gasteiger partial charge < -0.3 is 9.84 Å². The third kappa shape index (κ3) is 3.81. The van der Waals surface area contributed by atoms with Gasteiger partial charge in [0.15, 0.2) is 0 Å². The smallest absolute Gasteiger partial charge is 0.457 e. The Morgan fingerprint density at radius 1 is 1.36 bits per heavy atom. The molecule has 1 atom stereocenters. The van der Waals surface area contributed by atoms with Crippen LogP contribution in [-0.4, -0.2) is 25.0 Å². The Morgan fingerprint density at radius 2 is 1.96 bits per heavy atom. The quantitative estimate of drug-likeness (QED) is 0.425. The highest BCUT2D eigenvalue weighted by atomic mass is 32.2. The monoisotopic (exact) mass is 428 g/mol. The lowest BCUT2D eigenvalue weighted by atomic mass is 10.1. The molecule has 0 aliphatic heterocycles. The third-order valence-electron chi connectivity index (χ3n) is 3.94. The van der Waals surface area contributed by atoms with Crippen LogP contribution in [-0.2, 0) is 16.3 Å². The number of ether oxygens (including phenoxy) is 1. The van der Waals surface area contributed by atoms with E-state index in [-0.39, 0.29) is 5.76 Å². The van der Waals surface area contributed by atoms with E-state index in [9.17, 15) is 39.9 Å². The highest BCUT2D eigenvalue weighted by molar-refractivity contribution is 7.92. The van der Waals surface area contributed by atoms with Gasteiger partial charge in [0.25, 0.3) is 15.8 Å². The highest BCUT2D eigenvalue weighted by Gasteiger charge is 2.55. The van der Waals surface area contributed by atoms with Crippen LogP contribution in [0.4, 0.5) is 26.3 Å². The fourth-order valence-electron chi connectivity index (χ4n) is 2.58. The molecule has 1 aliphatic rings. The first-order chi connectivity index (χ1) is 12.8. The Hall–Kier alpha value is -2.27. The molecule has 28 heavy (non-hydrogen) atoms. The first-order valence-corrected chi connectivity index (χ1v) is 9.11. The normalized spacial score (nSPS) is 20.1. The predicted molar refractivity (Wildman–Crippen MR) is 87.1 cm³/mol. The molecule has 1 aromatic carbocycles. The van der Waals surface area contributed by atoms with Crippen LogP contribution in [0.15, 0.2) is 53.4 Å². The van der Waals surface area contributed by atoms with E-state index in [1.54, 1.807) is 0 Å². The summed E-state index contributed by atoms with van der Waals surface area (Å²) in [5.41, 5.74) is -7.49. The molecule has 0 unspecified atom stereocenters. The van der Waals surface area contributed by atoms with E-state index in [4.69, 9.17) is 4.74 Å².